The molecule has 0 saturated carbocycles. The fourth-order valence-electron chi connectivity index (χ4n) is 2.75. The average molecular weight is 406 g/mol. The van der Waals surface area contributed by atoms with Gasteiger partial charge in [0.05, 0.1) is 5.69 Å². The number of hydrogen-bond donors (Lipinski definition) is 2. The van der Waals surface area contributed by atoms with Crippen molar-refractivity contribution in [2.24, 2.45) is 4.99 Å². The summed E-state index contributed by atoms with van der Waals surface area (Å²) in [5.74, 6) is 0.864. The molecule has 0 aliphatic rings. The lowest BCUT2D eigenvalue weighted by Crippen LogP contribution is -2.38. The molecule has 25 heavy (non-hydrogen) atoms. The second-order valence-corrected chi connectivity index (χ2v) is 7.08. The Hall–Kier alpha value is -1.82. The van der Waals surface area contributed by atoms with Crippen LogP contribution in [0.4, 0.5) is 0 Å². The van der Waals surface area contributed by atoms with Gasteiger partial charge in [-0.2, -0.15) is 5.10 Å². The number of rotatable bonds is 8. The number of benzene rings is 1. The number of nitrogens with zero attached hydrogens (tertiary/aromatic N) is 3. The first kappa shape index (κ1) is 19.5. The van der Waals surface area contributed by atoms with Gasteiger partial charge in [-0.05, 0) is 56.9 Å². The van der Waals surface area contributed by atoms with E-state index in [1.165, 1.54) is 11.3 Å². The van der Waals surface area contributed by atoms with Gasteiger partial charge >= 0.3 is 0 Å². The molecule has 1 aromatic carbocycles. The molecule has 2 aromatic rings. The van der Waals surface area contributed by atoms with Crippen LogP contribution >= 0.6 is 15.9 Å². The van der Waals surface area contributed by atoms with Crippen molar-refractivity contribution in [2.75, 3.05) is 20.1 Å². The van der Waals surface area contributed by atoms with Crippen LogP contribution in [0.5, 0.6) is 0 Å². The van der Waals surface area contributed by atoms with E-state index in [2.05, 4.69) is 78.6 Å². The van der Waals surface area contributed by atoms with Gasteiger partial charge in [0.15, 0.2) is 5.96 Å². The predicted molar refractivity (Wildman–Crippen MR) is 108 cm³/mol. The molecule has 136 valence electrons. The number of aliphatic imine (C=N–C) groups is 1. The van der Waals surface area contributed by atoms with Crippen LogP contribution in [0.2, 0.25) is 0 Å². The Morgan fingerprint density at radius 2 is 1.92 bits per heavy atom. The van der Waals surface area contributed by atoms with E-state index in [1.54, 1.807) is 0 Å². The van der Waals surface area contributed by atoms with Crippen molar-refractivity contribution in [3.63, 3.8) is 0 Å². The van der Waals surface area contributed by atoms with Gasteiger partial charge in [-0.3, -0.25) is 9.67 Å². The van der Waals surface area contributed by atoms with Gasteiger partial charge in [-0.15, -0.1) is 0 Å². The molecule has 0 radical (unpaired) electrons. The zero-order chi connectivity index (χ0) is 18.1. The second-order valence-electron chi connectivity index (χ2n) is 6.16. The minimum Gasteiger partial charge on any atom is -0.356 e. The number of aromatic nitrogens is 2. The van der Waals surface area contributed by atoms with Crippen LogP contribution in [0.3, 0.4) is 0 Å². The number of nitrogens with one attached hydrogen (secondary N) is 2. The summed E-state index contributed by atoms with van der Waals surface area (Å²) in [6, 6.07) is 10.6. The summed E-state index contributed by atoms with van der Waals surface area (Å²) in [4.78, 5) is 4.28. The number of halogens is 1. The molecule has 0 fully saturated rings. The zero-order valence-corrected chi connectivity index (χ0v) is 16.9. The number of hydrogen-bond acceptors (Lipinski definition) is 2. The lowest BCUT2D eigenvalue weighted by atomic mass is 10.1. The Balaban J connectivity index is 1.61. The van der Waals surface area contributed by atoms with Crippen LogP contribution in [-0.2, 0) is 13.0 Å². The van der Waals surface area contributed by atoms with E-state index in [4.69, 9.17) is 0 Å². The van der Waals surface area contributed by atoms with Crippen LogP contribution < -0.4 is 10.6 Å². The maximum absolute atomic E-state index is 4.48. The van der Waals surface area contributed by atoms with E-state index in [-0.39, 0.29) is 0 Å². The molecule has 5 nitrogen and oxygen atoms in total. The van der Waals surface area contributed by atoms with Crippen LogP contribution in [-0.4, -0.2) is 35.9 Å². The first-order valence-electron chi connectivity index (χ1n) is 8.78. The number of aryl methyl sites for hydroxylation is 4. The van der Waals surface area contributed by atoms with Crippen molar-refractivity contribution < 1.29 is 0 Å². The van der Waals surface area contributed by atoms with Crippen molar-refractivity contribution in [2.45, 2.75) is 39.7 Å². The Morgan fingerprint density at radius 3 is 2.56 bits per heavy atom. The highest BCUT2D eigenvalue weighted by Gasteiger charge is 2.01. The predicted octanol–water partition coefficient (Wildman–Crippen LogP) is 3.45. The van der Waals surface area contributed by atoms with E-state index in [0.717, 1.165) is 55.0 Å². The summed E-state index contributed by atoms with van der Waals surface area (Å²) < 4.78 is 3.20. The van der Waals surface area contributed by atoms with E-state index < -0.39 is 0 Å². The molecule has 0 amide bonds. The largest absolute Gasteiger partial charge is 0.356 e. The van der Waals surface area contributed by atoms with Crippen molar-refractivity contribution in [1.29, 1.82) is 0 Å². The lowest BCUT2D eigenvalue weighted by Gasteiger charge is -2.12. The van der Waals surface area contributed by atoms with Crippen LogP contribution in [0.15, 0.2) is 39.8 Å². The Kier molecular flexibility index (Phi) is 7.98. The average Bonchev–Trinajstić information content (AvgIpc) is 2.91. The van der Waals surface area contributed by atoms with E-state index in [0.29, 0.717) is 0 Å². The fraction of sp³-hybridized carbons (Fsp3) is 0.474. The molecule has 6 heteroatoms. The lowest BCUT2D eigenvalue weighted by molar-refractivity contribution is 0.555. The molecule has 1 heterocycles. The van der Waals surface area contributed by atoms with E-state index >= 15 is 0 Å². The van der Waals surface area contributed by atoms with Crippen molar-refractivity contribution in [1.82, 2.24) is 20.4 Å². The molecule has 2 N–H and O–H groups in total. The van der Waals surface area contributed by atoms with Gasteiger partial charge in [-0.1, -0.05) is 28.1 Å². The number of guanidine groups is 1. The molecule has 0 bridgehead atoms. The summed E-state index contributed by atoms with van der Waals surface area (Å²) in [6.07, 6.45) is 3.14. The van der Waals surface area contributed by atoms with Crippen molar-refractivity contribution >= 4 is 21.9 Å². The van der Waals surface area contributed by atoms with Crippen LogP contribution in [0.25, 0.3) is 0 Å². The van der Waals surface area contributed by atoms with Crippen molar-refractivity contribution in [3.05, 3.63) is 51.8 Å². The molecule has 0 aliphatic heterocycles. The Labute approximate surface area is 159 Å². The fourth-order valence-corrected chi connectivity index (χ4v) is 3.20. The van der Waals surface area contributed by atoms with Gasteiger partial charge < -0.3 is 10.6 Å². The third kappa shape index (κ3) is 6.90. The summed E-state index contributed by atoms with van der Waals surface area (Å²) >= 11 is 3.51. The second kappa shape index (κ2) is 10.2. The van der Waals surface area contributed by atoms with Crippen molar-refractivity contribution in [3.8, 4) is 0 Å². The maximum Gasteiger partial charge on any atom is 0.190 e. The molecule has 0 unspecified atom stereocenters. The molecule has 0 saturated heterocycles. The Bertz CT molecular complexity index is 693. The zero-order valence-electron chi connectivity index (χ0n) is 15.3. The van der Waals surface area contributed by atoms with Crippen LogP contribution in [0.1, 0.15) is 29.8 Å². The third-order valence-electron chi connectivity index (χ3n) is 3.99. The molecular weight excluding hydrogens is 378 g/mol. The van der Waals surface area contributed by atoms with Gasteiger partial charge in [-0.25, -0.2) is 0 Å². The van der Waals surface area contributed by atoms with E-state index in [9.17, 15) is 0 Å². The molecule has 0 atom stereocenters. The molecule has 0 spiro atoms. The molecular formula is C19H28BrN5. The molecule has 1 aromatic heterocycles. The Morgan fingerprint density at radius 1 is 1.16 bits per heavy atom. The van der Waals surface area contributed by atoms with Crippen LogP contribution in [0, 0.1) is 13.8 Å². The monoisotopic (exact) mass is 405 g/mol. The topological polar surface area (TPSA) is 54.2 Å². The minimum atomic E-state index is 0.864. The van der Waals surface area contributed by atoms with Gasteiger partial charge in [0.2, 0.25) is 0 Å². The highest BCUT2D eigenvalue weighted by molar-refractivity contribution is 9.10. The SMILES string of the molecule is CN=C(NCCCc1cccc(Br)c1)NCCCn1nc(C)cc1C. The van der Waals surface area contributed by atoms with Gasteiger partial charge in [0.1, 0.15) is 0 Å². The summed E-state index contributed by atoms with van der Waals surface area (Å²) in [5.41, 5.74) is 3.64. The quantitative estimate of drug-likeness (QED) is 0.401. The van der Waals surface area contributed by atoms with Gasteiger partial charge in [0, 0.05) is 36.8 Å². The first-order chi connectivity index (χ1) is 12.1. The first-order valence-corrected chi connectivity index (χ1v) is 9.58. The highest BCUT2D eigenvalue weighted by Crippen LogP contribution is 2.12. The minimum absolute atomic E-state index is 0.864. The third-order valence-corrected chi connectivity index (χ3v) is 4.48. The maximum atomic E-state index is 4.48. The standard InChI is InChI=1S/C19H28BrN5/c1-15-13-16(2)25(24-15)12-6-11-23-19(21-3)22-10-5-8-17-7-4-9-18(20)14-17/h4,7,9,13-14H,5-6,8,10-12H2,1-3H3,(H2,21,22,23). The highest BCUT2D eigenvalue weighted by atomic mass is 79.9. The van der Waals surface area contributed by atoms with E-state index in [1.807, 2.05) is 14.0 Å². The summed E-state index contributed by atoms with van der Waals surface area (Å²) in [6.45, 7) is 6.83. The normalized spacial score (nSPS) is 11.6. The van der Waals surface area contributed by atoms with Gasteiger partial charge in [0.25, 0.3) is 0 Å². The molecule has 2 rings (SSSR count). The summed E-state index contributed by atoms with van der Waals surface area (Å²) in [5, 5.41) is 11.2. The summed E-state index contributed by atoms with van der Waals surface area (Å²) in [7, 11) is 1.81. The molecule has 0 aliphatic carbocycles. The smallest absolute Gasteiger partial charge is 0.190 e.